The van der Waals surface area contributed by atoms with Gasteiger partial charge in [-0.1, -0.05) is 24.3 Å². The third kappa shape index (κ3) is 4.59. The number of rotatable bonds is 4. The molecule has 0 bridgehead atoms. The molecule has 3 heterocycles. The van der Waals surface area contributed by atoms with Crippen LogP contribution in [-0.4, -0.2) is 46.6 Å². The van der Waals surface area contributed by atoms with Crippen LogP contribution in [0.15, 0.2) is 48.7 Å². The van der Waals surface area contributed by atoms with Crippen LogP contribution in [0.25, 0.3) is 22.5 Å². The predicted octanol–water partition coefficient (Wildman–Crippen LogP) is 4.54. The van der Waals surface area contributed by atoms with Crippen LogP contribution in [0.2, 0.25) is 0 Å². The number of morpholine rings is 1. The van der Waals surface area contributed by atoms with Crippen LogP contribution >= 0.6 is 0 Å². The summed E-state index contributed by atoms with van der Waals surface area (Å²) in [7, 11) is 0. The van der Waals surface area contributed by atoms with Gasteiger partial charge in [0.05, 0.1) is 24.6 Å². The number of benzene rings is 1. The molecular weight excluding hydrogens is 364 g/mol. The van der Waals surface area contributed by atoms with Gasteiger partial charge in [-0.2, -0.15) is 5.10 Å². The second-order valence-electron chi connectivity index (χ2n) is 8.43. The van der Waals surface area contributed by atoms with Gasteiger partial charge in [-0.15, -0.1) is 0 Å². The average Bonchev–Trinajstić information content (AvgIpc) is 3.22. The molecule has 0 unspecified atom stereocenters. The lowest BCUT2D eigenvalue weighted by Gasteiger charge is -2.35. The molecule has 0 aliphatic carbocycles. The van der Waals surface area contributed by atoms with E-state index in [1.165, 1.54) is 0 Å². The van der Waals surface area contributed by atoms with E-state index in [4.69, 9.17) is 14.5 Å². The Morgan fingerprint density at radius 3 is 2.52 bits per heavy atom. The normalized spacial score (nSPS) is 17.4. The van der Waals surface area contributed by atoms with Crippen molar-refractivity contribution in [3.05, 3.63) is 48.7 Å². The molecule has 0 amide bonds. The Morgan fingerprint density at radius 2 is 1.86 bits per heavy atom. The minimum Gasteiger partial charge on any atom is -0.472 e. The summed E-state index contributed by atoms with van der Waals surface area (Å²) in [6.45, 7) is 10.6. The summed E-state index contributed by atoms with van der Waals surface area (Å²) in [4.78, 5) is 7.17. The van der Waals surface area contributed by atoms with Crippen molar-refractivity contribution in [2.75, 3.05) is 24.7 Å². The zero-order valence-electron chi connectivity index (χ0n) is 17.5. The van der Waals surface area contributed by atoms with Crippen LogP contribution in [0.1, 0.15) is 27.7 Å². The molecule has 1 saturated heterocycles. The van der Waals surface area contributed by atoms with E-state index >= 15 is 0 Å². The summed E-state index contributed by atoms with van der Waals surface area (Å²) >= 11 is 0. The van der Waals surface area contributed by atoms with Crippen molar-refractivity contribution in [2.45, 2.75) is 39.3 Å². The van der Waals surface area contributed by atoms with Crippen LogP contribution in [0.5, 0.6) is 5.88 Å². The smallest absolute Gasteiger partial charge is 0.216 e. The van der Waals surface area contributed by atoms with Gasteiger partial charge in [-0.25, -0.2) is 4.98 Å². The lowest BCUT2D eigenvalue weighted by molar-refractivity contribution is 0.0986. The topological polar surface area (TPSA) is 63.3 Å². The molecule has 152 valence electrons. The number of aromatic amines is 1. The third-order valence-corrected chi connectivity index (χ3v) is 4.89. The van der Waals surface area contributed by atoms with Crippen molar-refractivity contribution < 1.29 is 9.47 Å². The summed E-state index contributed by atoms with van der Waals surface area (Å²) in [6, 6.07) is 14.8. The molecule has 29 heavy (non-hydrogen) atoms. The first kappa shape index (κ1) is 19.5. The zero-order chi connectivity index (χ0) is 20.4. The van der Waals surface area contributed by atoms with Crippen molar-refractivity contribution in [3.63, 3.8) is 0 Å². The van der Waals surface area contributed by atoms with Gasteiger partial charge in [-0.05, 0) is 45.4 Å². The number of hydrogen-bond donors (Lipinski definition) is 1. The van der Waals surface area contributed by atoms with Crippen molar-refractivity contribution >= 4 is 5.69 Å². The van der Waals surface area contributed by atoms with E-state index in [0.29, 0.717) is 11.9 Å². The fraction of sp³-hybridized carbons (Fsp3) is 0.391. The van der Waals surface area contributed by atoms with Gasteiger partial charge >= 0.3 is 0 Å². The molecule has 0 saturated carbocycles. The highest BCUT2D eigenvalue weighted by atomic mass is 16.5. The maximum absolute atomic E-state index is 6.13. The van der Waals surface area contributed by atoms with Gasteiger partial charge in [0.1, 0.15) is 5.60 Å². The van der Waals surface area contributed by atoms with Crippen LogP contribution in [0.3, 0.4) is 0 Å². The molecule has 3 aromatic rings. The summed E-state index contributed by atoms with van der Waals surface area (Å²) in [5.74, 6) is 0.640. The molecule has 1 aliphatic rings. The van der Waals surface area contributed by atoms with Crippen LogP contribution in [0.4, 0.5) is 5.69 Å². The zero-order valence-corrected chi connectivity index (χ0v) is 17.5. The van der Waals surface area contributed by atoms with Gasteiger partial charge in [0, 0.05) is 36.1 Å². The first-order valence-corrected chi connectivity index (χ1v) is 10.0. The van der Waals surface area contributed by atoms with Crippen molar-refractivity contribution in [3.8, 4) is 28.4 Å². The highest BCUT2D eigenvalue weighted by Crippen LogP contribution is 2.31. The van der Waals surface area contributed by atoms with Crippen LogP contribution < -0.4 is 9.64 Å². The van der Waals surface area contributed by atoms with Gasteiger partial charge < -0.3 is 14.4 Å². The van der Waals surface area contributed by atoms with Crippen LogP contribution in [0, 0.1) is 0 Å². The molecule has 1 fully saturated rings. The molecule has 2 aromatic heterocycles. The van der Waals surface area contributed by atoms with Crippen molar-refractivity contribution in [1.82, 2.24) is 15.2 Å². The third-order valence-electron chi connectivity index (χ3n) is 4.89. The van der Waals surface area contributed by atoms with Gasteiger partial charge in [-0.3, -0.25) is 5.10 Å². The highest BCUT2D eigenvalue weighted by Gasteiger charge is 2.22. The molecule has 0 radical (unpaired) electrons. The van der Waals surface area contributed by atoms with Crippen molar-refractivity contribution in [2.24, 2.45) is 0 Å². The molecule has 1 aliphatic heterocycles. The Kier molecular flexibility index (Phi) is 5.28. The summed E-state index contributed by atoms with van der Waals surface area (Å²) in [5, 5.41) is 7.03. The lowest BCUT2D eigenvalue weighted by Crippen LogP contribution is -2.43. The fourth-order valence-electron chi connectivity index (χ4n) is 3.52. The molecule has 1 aromatic carbocycles. The molecule has 4 rings (SSSR count). The van der Waals surface area contributed by atoms with Gasteiger partial charge in [0.15, 0.2) is 0 Å². The van der Waals surface area contributed by atoms with E-state index in [9.17, 15) is 0 Å². The Morgan fingerprint density at radius 1 is 1.10 bits per heavy atom. The van der Waals surface area contributed by atoms with Crippen molar-refractivity contribution in [1.29, 1.82) is 0 Å². The Balaban J connectivity index is 1.71. The second kappa shape index (κ2) is 7.87. The molecule has 0 spiro atoms. The summed E-state index contributed by atoms with van der Waals surface area (Å²) in [5.41, 5.74) is 4.84. The molecular formula is C23H28N4O2. The molecule has 6 heteroatoms. The quantitative estimate of drug-likeness (QED) is 0.706. The monoisotopic (exact) mass is 392 g/mol. The largest absolute Gasteiger partial charge is 0.472 e. The Hall–Kier alpha value is -2.86. The fourth-order valence-corrected chi connectivity index (χ4v) is 3.52. The number of hydrogen-bond acceptors (Lipinski definition) is 5. The maximum Gasteiger partial charge on any atom is 0.216 e. The highest BCUT2D eigenvalue weighted by molar-refractivity contribution is 5.70. The van der Waals surface area contributed by atoms with Crippen LogP contribution in [-0.2, 0) is 4.74 Å². The number of aromatic nitrogens is 3. The number of ether oxygens (including phenoxy) is 2. The van der Waals surface area contributed by atoms with E-state index in [-0.39, 0.29) is 5.60 Å². The molecule has 6 nitrogen and oxygen atoms in total. The second-order valence-corrected chi connectivity index (χ2v) is 8.43. The first-order valence-electron chi connectivity index (χ1n) is 10.0. The molecule has 1 N–H and O–H groups in total. The van der Waals surface area contributed by atoms with E-state index < -0.39 is 0 Å². The number of pyridine rings is 1. The average molecular weight is 393 g/mol. The van der Waals surface area contributed by atoms with E-state index in [0.717, 1.165) is 48.0 Å². The lowest BCUT2D eigenvalue weighted by atomic mass is 10.1. The van der Waals surface area contributed by atoms with Gasteiger partial charge in [0.2, 0.25) is 5.88 Å². The number of anilines is 1. The minimum absolute atomic E-state index is 0.309. The first-order chi connectivity index (χ1) is 13.9. The molecule has 1 atom stereocenters. The number of H-pyrrole nitrogens is 1. The van der Waals surface area contributed by atoms with E-state index in [1.807, 2.05) is 32.9 Å². The predicted molar refractivity (Wildman–Crippen MR) is 115 cm³/mol. The van der Waals surface area contributed by atoms with E-state index in [1.54, 1.807) is 6.20 Å². The Bertz CT molecular complexity index is 946. The Labute approximate surface area is 171 Å². The summed E-state index contributed by atoms with van der Waals surface area (Å²) in [6.07, 6.45) is 1.76. The minimum atomic E-state index is -0.315. The SMILES string of the molecule is C[C@@H]1COCCN1c1cc(OC(C)(C)C)nc(-c2ccc(-c3ccn[nH]3)cc2)c1. The summed E-state index contributed by atoms with van der Waals surface area (Å²) < 4.78 is 11.7. The maximum atomic E-state index is 6.13. The van der Waals surface area contributed by atoms with E-state index in [2.05, 4.69) is 52.4 Å². The standard InChI is InChI=1S/C23H28N4O2/c1-16-15-28-12-11-27(16)19-13-21(25-22(14-19)29-23(2,3)4)18-7-5-17(6-8-18)20-9-10-24-26-20/h5-10,13-14,16H,11-12,15H2,1-4H3,(H,24,26)/t16-/m1/s1. The number of nitrogens with zero attached hydrogens (tertiary/aromatic N) is 3. The number of nitrogens with one attached hydrogen (secondary N) is 1. The van der Waals surface area contributed by atoms with Gasteiger partial charge in [0.25, 0.3) is 0 Å².